The van der Waals surface area contributed by atoms with Gasteiger partial charge in [0.25, 0.3) is 0 Å². The lowest BCUT2D eigenvalue weighted by Crippen LogP contribution is -2.43. The molecule has 1 aromatic heterocycles. The van der Waals surface area contributed by atoms with E-state index in [0.717, 1.165) is 10.4 Å². The molecule has 2 saturated heterocycles. The number of halogens is 1. The van der Waals surface area contributed by atoms with Gasteiger partial charge in [0, 0.05) is 11.4 Å². The number of amides is 2. The summed E-state index contributed by atoms with van der Waals surface area (Å²) in [6, 6.07) is 9.97. The Balaban J connectivity index is 1.32. The Morgan fingerprint density at radius 1 is 1.32 bits per heavy atom. The number of thiophene rings is 1. The minimum Gasteiger partial charge on any atom is -0.360 e. The zero-order chi connectivity index (χ0) is 19.3. The second-order valence-electron chi connectivity index (χ2n) is 7.52. The van der Waals surface area contributed by atoms with Crippen LogP contribution in [0.2, 0.25) is 0 Å². The van der Waals surface area contributed by atoms with Crippen molar-refractivity contribution in [2.24, 2.45) is 11.8 Å². The fourth-order valence-electron chi connectivity index (χ4n) is 4.51. The normalized spacial score (nSPS) is 30.1. The third-order valence-corrected chi connectivity index (χ3v) is 6.65. The highest BCUT2D eigenvalue weighted by Crippen LogP contribution is 2.52. The smallest absolute Gasteiger partial charge is 0.230 e. The van der Waals surface area contributed by atoms with Gasteiger partial charge in [-0.25, -0.2) is 4.39 Å². The number of likely N-dealkylation sites (tertiary alicyclic amines) is 1. The average molecular weight is 398 g/mol. The molecule has 1 aromatic carbocycles. The molecule has 0 radical (unpaired) electrons. The number of carbonyl (C=O) groups is 2. The molecule has 5 rings (SSSR count). The molecule has 3 aliphatic rings. The summed E-state index contributed by atoms with van der Waals surface area (Å²) >= 11 is 1.61. The van der Waals surface area contributed by atoms with Gasteiger partial charge in [-0.1, -0.05) is 30.4 Å². The minimum absolute atomic E-state index is 0.0258. The summed E-state index contributed by atoms with van der Waals surface area (Å²) in [6.45, 7) is 1.31. The van der Waals surface area contributed by atoms with E-state index in [-0.39, 0.29) is 23.7 Å². The van der Waals surface area contributed by atoms with Crippen molar-refractivity contribution in [1.82, 2.24) is 10.2 Å². The predicted molar refractivity (Wildman–Crippen MR) is 102 cm³/mol. The molecule has 1 N–H and O–H groups in total. The molecule has 144 valence electrons. The van der Waals surface area contributed by atoms with Gasteiger partial charge in [0.15, 0.2) is 0 Å². The lowest BCUT2D eigenvalue weighted by Gasteiger charge is -2.23. The van der Waals surface area contributed by atoms with E-state index in [9.17, 15) is 14.0 Å². The first-order chi connectivity index (χ1) is 13.6. The maximum atomic E-state index is 13.1. The molecule has 3 aliphatic heterocycles. The number of carbonyl (C=O) groups excluding carboxylic acids is 2. The Hall–Kier alpha value is -2.51. The van der Waals surface area contributed by atoms with E-state index in [4.69, 9.17) is 4.74 Å². The quantitative estimate of drug-likeness (QED) is 0.788. The molecule has 5 nitrogen and oxygen atoms in total. The highest BCUT2D eigenvalue weighted by molar-refractivity contribution is 7.09. The van der Waals surface area contributed by atoms with Gasteiger partial charge < -0.3 is 15.0 Å². The van der Waals surface area contributed by atoms with Gasteiger partial charge in [0.1, 0.15) is 11.4 Å². The predicted octanol–water partition coefficient (Wildman–Crippen LogP) is 2.49. The van der Waals surface area contributed by atoms with Crippen molar-refractivity contribution in [1.29, 1.82) is 0 Å². The molecule has 2 amide bonds. The standard InChI is InChI=1S/C21H19FN2O3S/c22-14-5-3-13(4-6-14)10-23-19(25)17-16-7-8-21(27-16)12-24(20(26)18(17)21)11-15-2-1-9-28-15/h1-9,16-18H,10-12H2,(H,23,25)/t16-,17-,18-,21-/m0/s1. The van der Waals surface area contributed by atoms with E-state index in [1.807, 2.05) is 29.7 Å². The summed E-state index contributed by atoms with van der Waals surface area (Å²) in [5.74, 6) is -1.56. The van der Waals surface area contributed by atoms with E-state index in [1.54, 1.807) is 28.4 Å². The molecule has 1 spiro atoms. The molecule has 2 aromatic rings. The topological polar surface area (TPSA) is 58.6 Å². The monoisotopic (exact) mass is 398 g/mol. The van der Waals surface area contributed by atoms with Crippen LogP contribution in [-0.4, -0.2) is 35.0 Å². The van der Waals surface area contributed by atoms with Crippen molar-refractivity contribution in [2.75, 3.05) is 6.54 Å². The molecule has 2 bridgehead atoms. The number of nitrogens with one attached hydrogen (secondary N) is 1. The zero-order valence-corrected chi connectivity index (χ0v) is 15.8. The molecule has 4 heterocycles. The number of hydrogen-bond acceptors (Lipinski definition) is 4. The van der Waals surface area contributed by atoms with Crippen LogP contribution < -0.4 is 5.32 Å². The molecular weight excluding hydrogens is 379 g/mol. The Labute approximate surface area is 165 Å². The fraction of sp³-hybridized carbons (Fsp3) is 0.333. The number of rotatable bonds is 5. The van der Waals surface area contributed by atoms with Crippen molar-refractivity contribution in [2.45, 2.75) is 24.8 Å². The van der Waals surface area contributed by atoms with Crippen molar-refractivity contribution in [3.05, 3.63) is 70.2 Å². The maximum Gasteiger partial charge on any atom is 0.230 e. The first kappa shape index (κ1) is 17.6. The van der Waals surface area contributed by atoms with Crippen molar-refractivity contribution in [3.63, 3.8) is 0 Å². The Bertz CT molecular complexity index is 943. The first-order valence-corrected chi connectivity index (χ1v) is 10.1. The highest BCUT2D eigenvalue weighted by Gasteiger charge is 2.66. The van der Waals surface area contributed by atoms with E-state index >= 15 is 0 Å². The summed E-state index contributed by atoms with van der Waals surface area (Å²) < 4.78 is 19.2. The maximum absolute atomic E-state index is 13.1. The number of benzene rings is 1. The van der Waals surface area contributed by atoms with Crippen LogP contribution in [0.5, 0.6) is 0 Å². The Morgan fingerprint density at radius 2 is 2.14 bits per heavy atom. The van der Waals surface area contributed by atoms with Crippen LogP contribution >= 0.6 is 11.3 Å². The zero-order valence-electron chi connectivity index (χ0n) is 15.0. The summed E-state index contributed by atoms with van der Waals surface area (Å²) in [6.07, 6.45) is 3.49. The number of ether oxygens (including phenoxy) is 1. The molecule has 0 unspecified atom stereocenters. The Kier molecular flexibility index (Phi) is 4.10. The minimum atomic E-state index is -0.698. The Morgan fingerprint density at radius 3 is 2.89 bits per heavy atom. The van der Waals surface area contributed by atoms with Gasteiger partial charge in [-0.15, -0.1) is 11.3 Å². The lowest BCUT2D eigenvalue weighted by atomic mass is 9.77. The molecule has 0 saturated carbocycles. The molecule has 2 fully saturated rings. The average Bonchev–Trinajstić information content (AvgIpc) is 3.45. The largest absolute Gasteiger partial charge is 0.360 e. The van der Waals surface area contributed by atoms with Crippen LogP contribution in [0, 0.1) is 17.7 Å². The van der Waals surface area contributed by atoms with E-state index in [0.29, 0.717) is 19.6 Å². The number of nitrogens with zero attached hydrogens (tertiary/aromatic N) is 1. The molecule has 7 heteroatoms. The van der Waals surface area contributed by atoms with E-state index < -0.39 is 17.4 Å². The van der Waals surface area contributed by atoms with E-state index in [2.05, 4.69) is 5.32 Å². The summed E-state index contributed by atoms with van der Waals surface area (Å²) in [5.41, 5.74) is 0.109. The molecule has 0 aliphatic carbocycles. The van der Waals surface area contributed by atoms with Gasteiger partial charge >= 0.3 is 0 Å². The van der Waals surface area contributed by atoms with Gasteiger partial charge in [-0.3, -0.25) is 9.59 Å². The SMILES string of the molecule is O=C(NCc1ccc(F)cc1)[C@H]1[C@@H]2C=C[C@@]3(CN(Cc4cccs4)C(=O)[C@H]13)O2. The summed E-state index contributed by atoms with van der Waals surface area (Å²) in [5, 5.41) is 4.88. The van der Waals surface area contributed by atoms with Gasteiger partial charge in [0.05, 0.1) is 31.0 Å². The molecular formula is C21H19FN2O3S. The third kappa shape index (κ3) is 2.77. The van der Waals surface area contributed by atoms with E-state index in [1.165, 1.54) is 12.1 Å². The van der Waals surface area contributed by atoms with Gasteiger partial charge in [-0.2, -0.15) is 0 Å². The van der Waals surface area contributed by atoms with Gasteiger partial charge in [-0.05, 0) is 29.1 Å². The first-order valence-electron chi connectivity index (χ1n) is 9.26. The summed E-state index contributed by atoms with van der Waals surface area (Å²) in [7, 11) is 0. The summed E-state index contributed by atoms with van der Waals surface area (Å²) in [4.78, 5) is 28.9. The van der Waals surface area contributed by atoms with Crippen molar-refractivity contribution >= 4 is 23.2 Å². The van der Waals surface area contributed by atoms with Crippen LogP contribution in [0.15, 0.2) is 53.9 Å². The second kappa shape index (κ2) is 6.53. The van der Waals surface area contributed by atoms with Crippen molar-refractivity contribution < 1.29 is 18.7 Å². The van der Waals surface area contributed by atoms with Crippen LogP contribution in [0.25, 0.3) is 0 Å². The fourth-order valence-corrected chi connectivity index (χ4v) is 5.23. The number of hydrogen-bond donors (Lipinski definition) is 1. The van der Waals surface area contributed by atoms with Crippen molar-refractivity contribution in [3.8, 4) is 0 Å². The second-order valence-corrected chi connectivity index (χ2v) is 8.55. The highest BCUT2D eigenvalue weighted by atomic mass is 32.1. The van der Waals surface area contributed by atoms with Crippen LogP contribution in [0.1, 0.15) is 10.4 Å². The molecule has 28 heavy (non-hydrogen) atoms. The lowest BCUT2D eigenvalue weighted by molar-refractivity contribution is -0.137. The van der Waals surface area contributed by atoms with Crippen LogP contribution in [0.3, 0.4) is 0 Å². The van der Waals surface area contributed by atoms with Gasteiger partial charge in [0.2, 0.25) is 11.8 Å². The van der Waals surface area contributed by atoms with Crippen LogP contribution in [-0.2, 0) is 27.4 Å². The molecule has 4 atom stereocenters. The number of fused-ring (bicyclic) bond motifs is 1. The third-order valence-electron chi connectivity index (χ3n) is 5.79. The van der Waals surface area contributed by atoms with Crippen LogP contribution in [0.4, 0.5) is 4.39 Å².